The number of nitrogens with zero attached hydrogens (tertiary/aromatic N) is 2. The molecule has 0 aromatic carbocycles. The summed E-state index contributed by atoms with van der Waals surface area (Å²) in [7, 11) is 0. The monoisotopic (exact) mass is 321 g/mol. The van der Waals surface area contributed by atoms with Gasteiger partial charge in [0.15, 0.2) is 0 Å². The van der Waals surface area contributed by atoms with Gasteiger partial charge < -0.3 is 15.1 Å². The van der Waals surface area contributed by atoms with Crippen molar-refractivity contribution in [2.45, 2.75) is 51.4 Å². The van der Waals surface area contributed by atoms with Crippen LogP contribution >= 0.6 is 0 Å². The molecule has 130 valence electrons. The van der Waals surface area contributed by atoms with E-state index in [9.17, 15) is 9.59 Å². The molecule has 5 nitrogen and oxygen atoms in total. The van der Waals surface area contributed by atoms with Gasteiger partial charge >= 0.3 is 0 Å². The van der Waals surface area contributed by atoms with Gasteiger partial charge in [0.1, 0.15) is 0 Å². The number of rotatable bonds is 3. The molecular formula is C18H31N3O2. The van der Waals surface area contributed by atoms with Gasteiger partial charge in [-0.2, -0.15) is 0 Å². The Balaban J connectivity index is 1.48. The van der Waals surface area contributed by atoms with Gasteiger partial charge in [-0.15, -0.1) is 0 Å². The third-order valence-electron chi connectivity index (χ3n) is 5.79. The molecule has 2 amide bonds. The quantitative estimate of drug-likeness (QED) is 0.859. The minimum atomic E-state index is 0.192. The maximum Gasteiger partial charge on any atom is 0.225 e. The fraction of sp³-hybridized carbons (Fsp3) is 0.889. The van der Waals surface area contributed by atoms with Crippen molar-refractivity contribution in [2.75, 3.05) is 39.3 Å². The number of hydrogen-bond donors (Lipinski definition) is 1. The van der Waals surface area contributed by atoms with E-state index < -0.39 is 0 Å². The Labute approximate surface area is 139 Å². The predicted molar refractivity (Wildman–Crippen MR) is 89.9 cm³/mol. The fourth-order valence-corrected chi connectivity index (χ4v) is 4.30. The number of amides is 2. The van der Waals surface area contributed by atoms with Crippen molar-refractivity contribution in [1.82, 2.24) is 15.1 Å². The summed E-state index contributed by atoms with van der Waals surface area (Å²) in [5.74, 6) is 1.43. The smallest absolute Gasteiger partial charge is 0.225 e. The lowest BCUT2D eigenvalue weighted by Crippen LogP contribution is -2.43. The van der Waals surface area contributed by atoms with E-state index in [0.29, 0.717) is 17.7 Å². The van der Waals surface area contributed by atoms with Crippen LogP contribution in [0.3, 0.4) is 0 Å². The summed E-state index contributed by atoms with van der Waals surface area (Å²) < 4.78 is 0. The first kappa shape index (κ1) is 16.7. The highest BCUT2D eigenvalue weighted by Gasteiger charge is 2.29. The Hall–Kier alpha value is -1.10. The fourth-order valence-electron chi connectivity index (χ4n) is 4.30. The first-order valence-electron chi connectivity index (χ1n) is 9.51. The average Bonchev–Trinajstić information content (AvgIpc) is 2.96. The predicted octanol–water partition coefficient (Wildman–Crippen LogP) is 1.63. The first-order chi connectivity index (χ1) is 11.2. The van der Waals surface area contributed by atoms with E-state index >= 15 is 0 Å². The van der Waals surface area contributed by atoms with E-state index in [1.807, 2.05) is 9.80 Å². The highest BCUT2D eigenvalue weighted by Crippen LogP contribution is 2.28. The van der Waals surface area contributed by atoms with Crippen LogP contribution in [0, 0.1) is 11.8 Å². The highest BCUT2D eigenvalue weighted by atomic mass is 16.2. The van der Waals surface area contributed by atoms with Crippen molar-refractivity contribution in [3.05, 3.63) is 0 Å². The number of carbonyl (C=O) groups excluding carboxylic acids is 2. The molecule has 3 rings (SSSR count). The van der Waals surface area contributed by atoms with E-state index in [1.54, 1.807) is 0 Å². The first-order valence-corrected chi connectivity index (χ1v) is 9.51. The van der Waals surface area contributed by atoms with Gasteiger partial charge in [-0.1, -0.05) is 12.8 Å². The summed E-state index contributed by atoms with van der Waals surface area (Å²) >= 11 is 0. The van der Waals surface area contributed by atoms with Crippen LogP contribution < -0.4 is 5.32 Å². The Bertz CT molecular complexity index is 414. The number of hydrogen-bond acceptors (Lipinski definition) is 3. The van der Waals surface area contributed by atoms with Crippen molar-refractivity contribution < 1.29 is 9.59 Å². The largest absolute Gasteiger partial charge is 0.341 e. The molecule has 5 heteroatoms. The number of piperidine rings is 1. The molecule has 2 heterocycles. The highest BCUT2D eigenvalue weighted by molar-refractivity contribution is 5.79. The van der Waals surface area contributed by atoms with E-state index in [4.69, 9.17) is 0 Å². The third-order valence-corrected chi connectivity index (χ3v) is 5.79. The molecule has 0 aromatic heterocycles. The molecule has 0 spiro atoms. The maximum absolute atomic E-state index is 12.7. The average molecular weight is 321 g/mol. The van der Waals surface area contributed by atoms with E-state index in [1.165, 1.54) is 25.7 Å². The second kappa shape index (κ2) is 8.13. The van der Waals surface area contributed by atoms with Gasteiger partial charge in [0.2, 0.25) is 11.8 Å². The number of nitrogens with one attached hydrogen (secondary N) is 1. The van der Waals surface area contributed by atoms with Gasteiger partial charge in [0.25, 0.3) is 0 Å². The molecule has 1 aliphatic carbocycles. The molecule has 3 fully saturated rings. The van der Waals surface area contributed by atoms with Crippen molar-refractivity contribution in [2.24, 2.45) is 11.8 Å². The van der Waals surface area contributed by atoms with Crippen LogP contribution in [0.2, 0.25) is 0 Å². The van der Waals surface area contributed by atoms with E-state index in [0.717, 1.165) is 65.0 Å². The molecule has 0 aromatic rings. The van der Waals surface area contributed by atoms with Crippen LogP contribution in [0.25, 0.3) is 0 Å². The maximum atomic E-state index is 12.7. The van der Waals surface area contributed by atoms with Crippen LogP contribution in [0.4, 0.5) is 0 Å². The number of carbonyl (C=O) groups is 2. The molecule has 1 N–H and O–H groups in total. The van der Waals surface area contributed by atoms with E-state index in [-0.39, 0.29) is 5.92 Å². The SMILES string of the molecule is O=C(CC1CCCC1)N1CCCN(C(=O)C2CCNCC2)CC1. The van der Waals surface area contributed by atoms with Crippen LogP contribution in [-0.4, -0.2) is 60.9 Å². The van der Waals surface area contributed by atoms with Crippen molar-refractivity contribution in [1.29, 1.82) is 0 Å². The van der Waals surface area contributed by atoms with Gasteiger partial charge in [0, 0.05) is 38.5 Å². The van der Waals surface area contributed by atoms with Gasteiger partial charge in [-0.05, 0) is 51.1 Å². The van der Waals surface area contributed by atoms with Gasteiger partial charge in [-0.3, -0.25) is 9.59 Å². The molecule has 2 aliphatic heterocycles. The second-order valence-corrected chi connectivity index (χ2v) is 7.44. The van der Waals surface area contributed by atoms with E-state index in [2.05, 4.69) is 5.32 Å². The lowest BCUT2D eigenvalue weighted by molar-refractivity contribution is -0.137. The zero-order chi connectivity index (χ0) is 16.1. The Kier molecular flexibility index (Phi) is 5.92. The summed E-state index contributed by atoms with van der Waals surface area (Å²) in [5.41, 5.74) is 0. The van der Waals surface area contributed by atoms with Crippen molar-refractivity contribution >= 4 is 11.8 Å². The molecule has 3 aliphatic rings. The summed E-state index contributed by atoms with van der Waals surface area (Å²) in [4.78, 5) is 29.2. The zero-order valence-electron chi connectivity index (χ0n) is 14.3. The zero-order valence-corrected chi connectivity index (χ0v) is 14.3. The molecular weight excluding hydrogens is 290 g/mol. The van der Waals surface area contributed by atoms with Gasteiger partial charge in [-0.25, -0.2) is 0 Å². The standard InChI is InChI=1S/C18H31N3O2/c22-17(14-15-4-1-2-5-15)20-10-3-11-21(13-12-20)18(23)16-6-8-19-9-7-16/h15-16,19H,1-14H2. The van der Waals surface area contributed by atoms with Crippen LogP contribution in [0.1, 0.15) is 51.4 Å². The molecule has 2 saturated heterocycles. The summed E-state index contributed by atoms with van der Waals surface area (Å²) in [6.07, 6.45) is 8.58. The van der Waals surface area contributed by atoms with Crippen LogP contribution in [0.15, 0.2) is 0 Å². The summed E-state index contributed by atoms with van der Waals surface area (Å²) in [6.45, 7) is 4.99. The lowest BCUT2D eigenvalue weighted by Gasteiger charge is -2.29. The Morgan fingerprint density at radius 2 is 1.48 bits per heavy atom. The molecule has 0 bridgehead atoms. The minimum Gasteiger partial charge on any atom is -0.341 e. The second-order valence-electron chi connectivity index (χ2n) is 7.44. The van der Waals surface area contributed by atoms with Crippen LogP contribution in [0.5, 0.6) is 0 Å². The minimum absolute atomic E-state index is 0.192. The molecule has 0 radical (unpaired) electrons. The lowest BCUT2D eigenvalue weighted by atomic mass is 9.96. The van der Waals surface area contributed by atoms with Crippen LogP contribution in [-0.2, 0) is 9.59 Å². The molecule has 0 atom stereocenters. The third kappa shape index (κ3) is 4.46. The molecule has 0 unspecified atom stereocenters. The Morgan fingerprint density at radius 3 is 2.22 bits per heavy atom. The summed E-state index contributed by atoms with van der Waals surface area (Å²) in [6, 6.07) is 0. The normalized spacial score (nSPS) is 24.7. The molecule has 1 saturated carbocycles. The van der Waals surface area contributed by atoms with Crippen molar-refractivity contribution in [3.63, 3.8) is 0 Å². The summed E-state index contributed by atoms with van der Waals surface area (Å²) in [5, 5.41) is 3.32. The Morgan fingerprint density at radius 1 is 0.826 bits per heavy atom. The van der Waals surface area contributed by atoms with Crippen molar-refractivity contribution in [3.8, 4) is 0 Å². The molecule has 23 heavy (non-hydrogen) atoms. The van der Waals surface area contributed by atoms with Gasteiger partial charge in [0.05, 0.1) is 0 Å². The topological polar surface area (TPSA) is 52.7 Å².